The van der Waals surface area contributed by atoms with Crippen molar-refractivity contribution in [3.63, 3.8) is 0 Å². The summed E-state index contributed by atoms with van der Waals surface area (Å²) in [5, 5.41) is 0. The molecule has 0 radical (unpaired) electrons. The third-order valence-electron chi connectivity index (χ3n) is 9.46. The van der Waals surface area contributed by atoms with E-state index in [4.69, 9.17) is 0 Å². The SMILES string of the molecule is CCCCN(CCCC)c1cc[c]([Al]([c]2ccc(N(CCCC)CCCC)cc2)[c]2ccc(N(CCCC)CCCC)cc2)cc1. The average molecular weight is 640 g/mol. The summed E-state index contributed by atoms with van der Waals surface area (Å²) in [5.74, 6) is 0. The van der Waals surface area contributed by atoms with Crippen molar-refractivity contribution in [2.45, 2.75) is 119 Å². The van der Waals surface area contributed by atoms with Gasteiger partial charge in [-0.3, -0.25) is 0 Å². The zero-order valence-electron chi connectivity index (χ0n) is 30.6. The van der Waals surface area contributed by atoms with Crippen molar-refractivity contribution in [1.29, 1.82) is 0 Å². The molecule has 0 aliphatic rings. The highest BCUT2D eigenvalue weighted by molar-refractivity contribution is 6.95. The summed E-state index contributed by atoms with van der Waals surface area (Å²) < 4.78 is 4.54. The average Bonchev–Trinajstić information content (AvgIpc) is 3.10. The van der Waals surface area contributed by atoms with Gasteiger partial charge in [0.2, 0.25) is 0 Å². The monoisotopic (exact) mass is 640 g/mol. The van der Waals surface area contributed by atoms with Crippen LogP contribution in [0.1, 0.15) is 119 Å². The summed E-state index contributed by atoms with van der Waals surface area (Å²) in [6.45, 7) is 20.7. The minimum atomic E-state index is -1.65. The Kier molecular flexibility index (Phi) is 18.4. The van der Waals surface area contributed by atoms with Crippen LogP contribution in [-0.2, 0) is 0 Å². The van der Waals surface area contributed by atoms with Crippen molar-refractivity contribution in [3.05, 3.63) is 72.8 Å². The van der Waals surface area contributed by atoms with E-state index in [1.165, 1.54) is 107 Å². The Labute approximate surface area is 288 Å². The van der Waals surface area contributed by atoms with Gasteiger partial charge in [0.05, 0.1) is 0 Å². The Morgan fingerprint density at radius 3 is 0.696 bits per heavy atom. The number of nitrogens with zero attached hydrogens (tertiary/aromatic N) is 3. The maximum Gasteiger partial charge on any atom is 0.383 e. The standard InChI is InChI=1S/3C14H22N.Al/c3*1-3-5-12-15(13-6-4-2)14-10-8-7-9-11-14;/h3*8-11H,3-6,12-13H2,1-2H3;. The van der Waals surface area contributed by atoms with E-state index in [2.05, 4.69) is 129 Å². The van der Waals surface area contributed by atoms with Crippen LogP contribution >= 0.6 is 0 Å². The molecule has 0 amide bonds. The smallest absolute Gasteiger partial charge is 0.372 e. The molecule has 0 spiro atoms. The molecule has 0 aliphatic heterocycles. The molecule has 0 aliphatic carbocycles. The van der Waals surface area contributed by atoms with E-state index in [-0.39, 0.29) is 0 Å². The first-order chi connectivity index (χ1) is 22.6. The molecule has 3 aromatic rings. The maximum atomic E-state index is 2.61. The first kappa shape index (κ1) is 38.0. The van der Waals surface area contributed by atoms with Crippen molar-refractivity contribution in [1.82, 2.24) is 0 Å². The number of rotatable bonds is 24. The second-order valence-corrected chi connectivity index (χ2v) is 16.2. The van der Waals surface area contributed by atoms with Gasteiger partial charge in [-0.2, -0.15) is 0 Å². The predicted molar refractivity (Wildman–Crippen MR) is 210 cm³/mol. The van der Waals surface area contributed by atoms with Gasteiger partial charge in [0.25, 0.3) is 0 Å². The lowest BCUT2D eigenvalue weighted by atomic mass is 10.2. The van der Waals surface area contributed by atoms with Crippen LogP contribution in [0.4, 0.5) is 17.1 Å². The van der Waals surface area contributed by atoms with E-state index in [1.807, 2.05) is 0 Å². The van der Waals surface area contributed by atoms with E-state index in [0.717, 1.165) is 39.3 Å². The molecule has 46 heavy (non-hydrogen) atoms. The molecule has 3 aromatic carbocycles. The molecule has 0 heterocycles. The van der Waals surface area contributed by atoms with Gasteiger partial charge in [0, 0.05) is 56.3 Å². The molecule has 3 nitrogen and oxygen atoms in total. The number of hydrogen-bond donors (Lipinski definition) is 0. The molecule has 4 heteroatoms. The van der Waals surface area contributed by atoms with E-state index in [9.17, 15) is 0 Å². The van der Waals surface area contributed by atoms with Crippen LogP contribution in [0.5, 0.6) is 0 Å². The lowest BCUT2D eigenvalue weighted by molar-refractivity contribution is 0.678. The molecule has 0 unspecified atom stereocenters. The number of anilines is 3. The van der Waals surface area contributed by atoms with Gasteiger partial charge in [-0.15, -0.1) is 0 Å². The zero-order valence-corrected chi connectivity index (χ0v) is 31.7. The van der Waals surface area contributed by atoms with Crippen LogP contribution in [0.3, 0.4) is 0 Å². The maximum absolute atomic E-state index is 2.61. The molecule has 0 aromatic heterocycles. The molecular weight excluding hydrogens is 573 g/mol. The van der Waals surface area contributed by atoms with Crippen LogP contribution in [0, 0.1) is 0 Å². The van der Waals surface area contributed by atoms with Gasteiger partial charge in [0.15, 0.2) is 0 Å². The molecule has 0 bridgehead atoms. The summed E-state index contributed by atoms with van der Waals surface area (Å²) in [4.78, 5) is 7.83. The Morgan fingerprint density at radius 1 is 0.326 bits per heavy atom. The number of hydrogen-bond acceptors (Lipinski definition) is 3. The van der Waals surface area contributed by atoms with Crippen LogP contribution in [-0.4, -0.2) is 53.4 Å². The third kappa shape index (κ3) is 12.0. The Balaban J connectivity index is 1.98. The minimum absolute atomic E-state index is 1.15. The van der Waals surface area contributed by atoms with Gasteiger partial charge in [-0.25, -0.2) is 0 Å². The fraction of sp³-hybridized carbons (Fsp3) is 0.571. The number of benzene rings is 3. The third-order valence-corrected chi connectivity index (χ3v) is 12.6. The second kappa shape index (κ2) is 22.2. The van der Waals surface area contributed by atoms with E-state index in [1.54, 1.807) is 0 Å². The summed E-state index contributed by atoms with van der Waals surface area (Å²) in [5.41, 5.74) is 4.15. The topological polar surface area (TPSA) is 9.72 Å². The molecule has 0 atom stereocenters. The molecular formula is C42H66AlN3. The van der Waals surface area contributed by atoms with Crippen LogP contribution < -0.4 is 28.0 Å². The van der Waals surface area contributed by atoms with Gasteiger partial charge in [-0.1, -0.05) is 130 Å². The highest BCUT2D eigenvalue weighted by Crippen LogP contribution is 2.19. The largest absolute Gasteiger partial charge is 0.383 e. The molecule has 0 saturated carbocycles. The zero-order chi connectivity index (χ0) is 33.0. The number of unbranched alkanes of at least 4 members (excludes halogenated alkanes) is 6. The second-order valence-electron chi connectivity index (χ2n) is 13.3. The molecule has 0 fully saturated rings. The van der Waals surface area contributed by atoms with E-state index in [0.29, 0.717) is 0 Å². The van der Waals surface area contributed by atoms with Gasteiger partial charge < -0.3 is 14.7 Å². The molecule has 3 rings (SSSR count). The van der Waals surface area contributed by atoms with Crippen molar-refractivity contribution in [2.24, 2.45) is 0 Å². The molecule has 252 valence electrons. The summed E-state index contributed by atoms with van der Waals surface area (Å²) in [6.07, 6.45) is 15.0. The Morgan fingerprint density at radius 2 is 0.522 bits per heavy atom. The fourth-order valence-corrected chi connectivity index (χ4v) is 9.30. The van der Waals surface area contributed by atoms with Gasteiger partial charge in [-0.05, 0) is 74.9 Å². The van der Waals surface area contributed by atoms with E-state index < -0.39 is 14.1 Å². The van der Waals surface area contributed by atoms with E-state index >= 15 is 0 Å². The molecule has 0 saturated heterocycles. The van der Waals surface area contributed by atoms with Gasteiger partial charge in [0.1, 0.15) is 0 Å². The lowest BCUT2D eigenvalue weighted by Crippen LogP contribution is -2.52. The quantitative estimate of drug-likeness (QED) is 0.0905. The highest BCUT2D eigenvalue weighted by Gasteiger charge is 2.26. The minimum Gasteiger partial charge on any atom is -0.372 e. The summed E-state index contributed by atoms with van der Waals surface area (Å²) in [6, 6.07) is 29.3. The van der Waals surface area contributed by atoms with Crippen molar-refractivity contribution in [2.75, 3.05) is 54.0 Å². The fourth-order valence-electron chi connectivity index (χ4n) is 6.41. The van der Waals surface area contributed by atoms with Crippen molar-refractivity contribution in [3.8, 4) is 0 Å². The van der Waals surface area contributed by atoms with Crippen LogP contribution in [0.25, 0.3) is 0 Å². The first-order valence-corrected chi connectivity index (χ1v) is 20.9. The first-order valence-electron chi connectivity index (χ1n) is 19.1. The Hall–Kier alpha value is -2.41. The normalized spacial score (nSPS) is 11.1. The summed E-state index contributed by atoms with van der Waals surface area (Å²) >= 11 is -1.65. The predicted octanol–water partition coefficient (Wildman–Crippen LogP) is 9.42. The van der Waals surface area contributed by atoms with Crippen molar-refractivity contribution >= 4 is 44.5 Å². The highest BCUT2D eigenvalue weighted by atomic mass is 27.2. The van der Waals surface area contributed by atoms with Gasteiger partial charge >= 0.3 is 14.1 Å². The van der Waals surface area contributed by atoms with Crippen molar-refractivity contribution < 1.29 is 0 Å². The van der Waals surface area contributed by atoms with Crippen LogP contribution in [0.15, 0.2) is 72.8 Å². The van der Waals surface area contributed by atoms with Crippen LogP contribution in [0.2, 0.25) is 0 Å². The lowest BCUT2D eigenvalue weighted by Gasteiger charge is -2.27. The summed E-state index contributed by atoms with van der Waals surface area (Å²) in [7, 11) is 0. The Bertz CT molecular complexity index is 1000. The molecule has 0 N–H and O–H groups in total.